The van der Waals surface area contributed by atoms with Crippen LogP contribution in [0, 0.1) is 5.41 Å². The van der Waals surface area contributed by atoms with E-state index in [2.05, 4.69) is 17.4 Å². The summed E-state index contributed by atoms with van der Waals surface area (Å²) in [6.45, 7) is 4.95. The van der Waals surface area contributed by atoms with Crippen molar-refractivity contribution < 1.29 is 9.59 Å². The number of carbonyl (C=O) groups is 2. The van der Waals surface area contributed by atoms with Gasteiger partial charge < -0.3 is 16.0 Å². The number of nitrogens with one attached hydrogen (secondary N) is 1. The van der Waals surface area contributed by atoms with Gasteiger partial charge in [0.15, 0.2) is 0 Å². The van der Waals surface area contributed by atoms with Crippen molar-refractivity contribution in [1.29, 1.82) is 0 Å². The number of benzene rings is 1. The minimum absolute atomic E-state index is 0.00458. The summed E-state index contributed by atoms with van der Waals surface area (Å²) >= 11 is 0. The number of hydrogen-bond donors (Lipinski definition) is 2. The van der Waals surface area contributed by atoms with E-state index in [4.69, 9.17) is 5.73 Å². The van der Waals surface area contributed by atoms with Crippen molar-refractivity contribution in [1.82, 2.24) is 10.2 Å². The molecule has 25 heavy (non-hydrogen) atoms. The molecule has 3 rings (SSSR count). The smallest absolute Gasteiger partial charge is 0.227 e. The number of rotatable bonds is 7. The quantitative estimate of drug-likeness (QED) is 0.795. The molecular weight excluding hydrogens is 314 g/mol. The summed E-state index contributed by atoms with van der Waals surface area (Å²) in [6.07, 6.45) is 2.86. The van der Waals surface area contributed by atoms with Crippen molar-refractivity contribution in [3.8, 4) is 0 Å². The lowest BCUT2D eigenvalue weighted by Gasteiger charge is -2.30. The van der Waals surface area contributed by atoms with E-state index in [1.54, 1.807) is 0 Å². The molecule has 1 aromatic rings. The van der Waals surface area contributed by atoms with E-state index in [1.165, 1.54) is 5.56 Å². The Morgan fingerprint density at radius 2 is 1.96 bits per heavy atom. The fraction of sp³-hybridized carbons (Fsp3) is 0.600. The number of likely N-dealkylation sites (tertiary alicyclic amines) is 1. The van der Waals surface area contributed by atoms with Crippen LogP contribution in [0.2, 0.25) is 0 Å². The van der Waals surface area contributed by atoms with E-state index in [9.17, 15) is 9.59 Å². The Morgan fingerprint density at radius 3 is 2.56 bits per heavy atom. The van der Waals surface area contributed by atoms with Gasteiger partial charge in [0.1, 0.15) is 0 Å². The molecule has 3 unspecified atom stereocenters. The van der Waals surface area contributed by atoms with Crippen LogP contribution < -0.4 is 11.1 Å². The van der Waals surface area contributed by atoms with Crippen LogP contribution in [-0.2, 0) is 9.59 Å². The normalized spacial score (nSPS) is 26.0. The summed E-state index contributed by atoms with van der Waals surface area (Å²) in [4.78, 5) is 27.1. The van der Waals surface area contributed by atoms with Gasteiger partial charge in [-0.1, -0.05) is 44.2 Å². The Kier molecular flexibility index (Phi) is 5.13. The lowest BCUT2D eigenvalue weighted by molar-refractivity contribution is -0.131. The Labute approximate surface area is 150 Å². The summed E-state index contributed by atoms with van der Waals surface area (Å²) in [5.41, 5.74) is 6.65. The molecule has 0 radical (unpaired) electrons. The summed E-state index contributed by atoms with van der Waals surface area (Å²) < 4.78 is 0. The van der Waals surface area contributed by atoms with Gasteiger partial charge in [-0.15, -0.1) is 0 Å². The van der Waals surface area contributed by atoms with Crippen molar-refractivity contribution in [2.24, 2.45) is 11.1 Å². The van der Waals surface area contributed by atoms with Gasteiger partial charge >= 0.3 is 0 Å². The third-order valence-corrected chi connectivity index (χ3v) is 6.10. The summed E-state index contributed by atoms with van der Waals surface area (Å²) in [5.74, 6) is 0.587. The van der Waals surface area contributed by atoms with Gasteiger partial charge in [0, 0.05) is 31.5 Å². The molecule has 1 heterocycles. The highest BCUT2D eigenvalue weighted by molar-refractivity contribution is 5.86. The third-order valence-electron chi connectivity index (χ3n) is 6.10. The molecule has 3 N–H and O–H groups in total. The number of hydrogen-bond acceptors (Lipinski definition) is 3. The van der Waals surface area contributed by atoms with E-state index in [-0.39, 0.29) is 23.9 Å². The van der Waals surface area contributed by atoms with Crippen molar-refractivity contribution in [3.05, 3.63) is 35.9 Å². The molecule has 1 aliphatic heterocycles. The van der Waals surface area contributed by atoms with Gasteiger partial charge in [-0.05, 0) is 24.8 Å². The zero-order valence-corrected chi connectivity index (χ0v) is 15.2. The van der Waals surface area contributed by atoms with Gasteiger partial charge in [-0.2, -0.15) is 0 Å². The Balaban J connectivity index is 1.59. The van der Waals surface area contributed by atoms with E-state index in [1.807, 2.05) is 36.9 Å². The van der Waals surface area contributed by atoms with Crippen LogP contribution in [0.15, 0.2) is 30.3 Å². The first-order valence-electron chi connectivity index (χ1n) is 9.40. The number of carbonyl (C=O) groups excluding carboxylic acids is 2. The van der Waals surface area contributed by atoms with Crippen molar-refractivity contribution in [2.75, 3.05) is 13.1 Å². The number of nitrogens with two attached hydrogens (primary N) is 1. The van der Waals surface area contributed by atoms with Gasteiger partial charge in [0.2, 0.25) is 11.8 Å². The van der Waals surface area contributed by atoms with E-state index >= 15 is 0 Å². The molecule has 1 aliphatic carbocycles. The first-order valence-corrected chi connectivity index (χ1v) is 9.40. The second kappa shape index (κ2) is 7.16. The lowest BCUT2D eigenvalue weighted by atomic mass is 9.81. The Morgan fingerprint density at radius 1 is 1.28 bits per heavy atom. The van der Waals surface area contributed by atoms with Crippen LogP contribution in [0.25, 0.3) is 0 Å². The van der Waals surface area contributed by atoms with Crippen LogP contribution in [0.4, 0.5) is 0 Å². The third kappa shape index (κ3) is 3.43. The molecule has 1 aromatic carbocycles. The monoisotopic (exact) mass is 343 g/mol. The summed E-state index contributed by atoms with van der Waals surface area (Å²) in [7, 11) is 0. The topological polar surface area (TPSA) is 75.4 Å². The average Bonchev–Trinajstić information content (AvgIpc) is 3.35. The summed E-state index contributed by atoms with van der Waals surface area (Å²) in [5, 5.41) is 3.09. The maximum absolute atomic E-state index is 12.7. The molecule has 2 aliphatic rings. The first-order chi connectivity index (χ1) is 12.0. The first kappa shape index (κ1) is 17.9. The maximum atomic E-state index is 12.7. The summed E-state index contributed by atoms with van der Waals surface area (Å²) in [6, 6.07) is 10.5. The van der Waals surface area contributed by atoms with Crippen LogP contribution in [-0.4, -0.2) is 41.9 Å². The van der Waals surface area contributed by atoms with E-state index in [0.29, 0.717) is 25.4 Å². The number of nitrogens with zero attached hydrogens (tertiary/aromatic N) is 1. The molecule has 0 bridgehead atoms. The number of amides is 2. The van der Waals surface area contributed by atoms with Crippen LogP contribution in [0.1, 0.15) is 51.0 Å². The maximum Gasteiger partial charge on any atom is 0.227 e. The average molecular weight is 343 g/mol. The second-order valence-electron chi connectivity index (χ2n) is 7.43. The van der Waals surface area contributed by atoms with Crippen LogP contribution >= 0.6 is 0 Å². The highest BCUT2D eigenvalue weighted by Gasteiger charge is 2.48. The molecular formula is C20H29N3O2. The zero-order chi connectivity index (χ0) is 18.0. The Hall–Kier alpha value is -1.88. The zero-order valence-electron chi connectivity index (χ0n) is 15.2. The largest absolute Gasteiger partial charge is 0.351 e. The fourth-order valence-corrected chi connectivity index (χ4v) is 4.02. The van der Waals surface area contributed by atoms with Gasteiger partial charge in [0.25, 0.3) is 0 Å². The Bertz CT molecular complexity index is 619. The molecule has 3 atom stereocenters. The minimum Gasteiger partial charge on any atom is -0.351 e. The van der Waals surface area contributed by atoms with Gasteiger partial charge in [-0.25, -0.2) is 0 Å². The van der Waals surface area contributed by atoms with Crippen molar-refractivity contribution in [3.63, 3.8) is 0 Å². The highest BCUT2D eigenvalue weighted by Crippen LogP contribution is 2.46. The molecule has 0 aromatic heterocycles. The molecule has 5 nitrogen and oxygen atoms in total. The molecule has 2 amide bonds. The molecule has 1 saturated heterocycles. The van der Waals surface area contributed by atoms with Crippen molar-refractivity contribution in [2.45, 2.75) is 57.5 Å². The molecule has 5 heteroatoms. The molecule has 2 fully saturated rings. The molecule has 0 spiro atoms. The highest BCUT2D eigenvalue weighted by atomic mass is 16.2. The fourth-order valence-electron chi connectivity index (χ4n) is 4.02. The minimum atomic E-state index is -0.511. The molecule has 136 valence electrons. The van der Waals surface area contributed by atoms with E-state index < -0.39 is 5.41 Å². The van der Waals surface area contributed by atoms with Crippen LogP contribution in [0.3, 0.4) is 0 Å². The van der Waals surface area contributed by atoms with Gasteiger partial charge in [0.05, 0.1) is 11.5 Å². The van der Waals surface area contributed by atoms with Gasteiger partial charge in [-0.3, -0.25) is 9.59 Å². The van der Waals surface area contributed by atoms with E-state index in [0.717, 1.165) is 19.3 Å². The standard InChI is InChI=1S/C20H29N3O2/c1-3-20(4-2,13-21)19(25)22-15-10-18(24)23(12-15)17-11-16(17)14-8-6-5-7-9-14/h5-9,15-17H,3-4,10-13,21H2,1-2H3,(H,22,25). The lowest BCUT2D eigenvalue weighted by Crippen LogP contribution is -2.49. The SMILES string of the molecule is CCC(CC)(CN)C(=O)NC1CC(=O)N(C2CC2c2ccccc2)C1. The second-order valence-corrected chi connectivity index (χ2v) is 7.43. The predicted octanol–water partition coefficient (Wildman–Crippen LogP) is 2.02. The molecule has 1 saturated carbocycles. The van der Waals surface area contributed by atoms with Crippen LogP contribution in [0.5, 0.6) is 0 Å². The predicted molar refractivity (Wildman–Crippen MR) is 97.9 cm³/mol. The van der Waals surface area contributed by atoms with Crippen molar-refractivity contribution >= 4 is 11.8 Å².